The third-order valence-corrected chi connectivity index (χ3v) is 20.1. The van der Waals surface area contributed by atoms with Gasteiger partial charge < -0.3 is 14.4 Å². The lowest BCUT2D eigenvalue weighted by molar-refractivity contribution is 0.590. The minimum Gasteiger partial charge on any atom is -0.310 e. The Labute approximate surface area is 564 Å². The maximum atomic E-state index is 2.70. The van der Waals surface area contributed by atoms with E-state index in [-0.39, 0.29) is 17.5 Å². The van der Waals surface area contributed by atoms with Crippen molar-refractivity contribution in [2.45, 2.75) is 52.4 Å². The quantitative estimate of drug-likeness (QED) is 0.126. The van der Waals surface area contributed by atoms with Gasteiger partial charge in [0, 0.05) is 61.5 Å². The molecule has 15 aromatic rings. The molecule has 0 atom stereocenters. The standard InChI is InChI=1S/C92H72BN3/c1-91(2,3)71-48-45-63(46-49-71)70-56-86-88-87(57-70)96(90-78(66-37-21-11-22-38-66)58-72(92(4,5)6)59-79(90)67-39-23-12-24-40-67)85-52-50-73(94-82-43-27-25-41-74(82)75-42-26-28-44-83(75)94)60-81(85)93(88)80-55-68(61-29-13-7-14-30-61)47-51-84(80)95(86)89-76(64-33-17-9-18-34-64)53-69(62-31-15-8-16-32-62)54-77(89)65-35-19-10-20-36-65/h7-60H,1-6H3. The van der Waals surface area contributed by atoms with Crippen molar-refractivity contribution in [2.75, 3.05) is 9.80 Å². The minimum atomic E-state index is -0.264. The predicted molar refractivity (Wildman–Crippen MR) is 410 cm³/mol. The molecule has 17 rings (SSSR count). The second-order valence-corrected chi connectivity index (χ2v) is 28.0. The fourth-order valence-electron chi connectivity index (χ4n) is 15.3. The average Bonchev–Trinajstić information content (AvgIpc) is 0.749. The smallest absolute Gasteiger partial charge is 0.252 e. The Kier molecular flexibility index (Phi) is 14.1. The summed E-state index contributed by atoms with van der Waals surface area (Å²) in [5.74, 6) is 0. The van der Waals surface area contributed by atoms with Gasteiger partial charge in [-0.2, -0.15) is 0 Å². The molecule has 1 aromatic heterocycles. The molecule has 0 saturated carbocycles. The fourth-order valence-corrected chi connectivity index (χ4v) is 15.3. The summed E-state index contributed by atoms with van der Waals surface area (Å²) < 4.78 is 2.50. The normalized spacial score (nSPS) is 12.6. The largest absolute Gasteiger partial charge is 0.310 e. The van der Waals surface area contributed by atoms with Crippen LogP contribution in [0.5, 0.6) is 0 Å². The van der Waals surface area contributed by atoms with E-state index in [0.717, 1.165) is 95.4 Å². The van der Waals surface area contributed by atoms with E-state index in [1.807, 2.05) is 0 Å². The first kappa shape index (κ1) is 58.4. The number of anilines is 6. The molecule has 0 unspecified atom stereocenters. The molecule has 14 aromatic carbocycles. The SMILES string of the molecule is CC(C)(C)c1ccc(-c2cc3c4c(c2)N(c2c(-c5ccccc5)cc(C(C)(C)C)cc2-c2ccccc2)c2ccc(-n5c6ccccc6c6ccccc65)cc2B4c2cc(-c4ccccc4)ccc2N3c2c(-c3ccccc3)cc(-c3ccccc3)cc2-c2ccccc2)cc1. The summed E-state index contributed by atoms with van der Waals surface area (Å²) >= 11 is 0. The van der Waals surface area contributed by atoms with E-state index in [1.54, 1.807) is 0 Å². The summed E-state index contributed by atoms with van der Waals surface area (Å²) in [5, 5.41) is 2.46. The summed E-state index contributed by atoms with van der Waals surface area (Å²) in [7, 11) is 0. The monoisotopic (exact) mass is 1230 g/mol. The van der Waals surface area contributed by atoms with Gasteiger partial charge in [0.15, 0.2) is 0 Å². The van der Waals surface area contributed by atoms with Crippen molar-refractivity contribution < 1.29 is 0 Å². The molecule has 0 fully saturated rings. The van der Waals surface area contributed by atoms with E-state index in [9.17, 15) is 0 Å². The zero-order valence-corrected chi connectivity index (χ0v) is 55.1. The number of hydrogen-bond acceptors (Lipinski definition) is 2. The summed E-state index contributed by atoms with van der Waals surface area (Å²) in [4.78, 5) is 5.38. The Morgan fingerprint density at radius 3 is 1.03 bits per heavy atom. The van der Waals surface area contributed by atoms with E-state index in [0.29, 0.717) is 0 Å². The number of rotatable bonds is 10. The van der Waals surface area contributed by atoms with Gasteiger partial charge in [-0.25, -0.2) is 0 Å². The first-order valence-electron chi connectivity index (χ1n) is 33.8. The molecule has 0 saturated heterocycles. The Hall–Kier alpha value is -11.5. The lowest BCUT2D eigenvalue weighted by Crippen LogP contribution is -2.61. The predicted octanol–water partition coefficient (Wildman–Crippen LogP) is 23.1. The molecular formula is C92H72BN3. The first-order chi connectivity index (χ1) is 46.9. The molecule has 3 nitrogen and oxygen atoms in total. The van der Waals surface area contributed by atoms with Crippen molar-refractivity contribution in [3.63, 3.8) is 0 Å². The highest BCUT2D eigenvalue weighted by Gasteiger charge is 2.46. The van der Waals surface area contributed by atoms with Crippen LogP contribution in [0.15, 0.2) is 328 Å². The van der Waals surface area contributed by atoms with E-state index in [1.165, 1.54) is 71.6 Å². The van der Waals surface area contributed by atoms with Crippen LogP contribution in [0.2, 0.25) is 0 Å². The topological polar surface area (TPSA) is 11.4 Å². The average molecular weight is 1230 g/mol. The molecule has 0 amide bonds. The summed E-state index contributed by atoms with van der Waals surface area (Å²) in [5.41, 5.74) is 32.4. The molecule has 0 aliphatic carbocycles. The van der Waals surface area contributed by atoms with Crippen molar-refractivity contribution in [3.8, 4) is 83.6 Å². The van der Waals surface area contributed by atoms with Crippen LogP contribution in [0.25, 0.3) is 105 Å². The maximum Gasteiger partial charge on any atom is 0.252 e. The molecule has 0 N–H and O–H groups in total. The van der Waals surface area contributed by atoms with Crippen LogP contribution in [0.4, 0.5) is 34.1 Å². The van der Waals surface area contributed by atoms with Crippen molar-refractivity contribution in [1.29, 1.82) is 0 Å². The zero-order chi connectivity index (χ0) is 64.8. The zero-order valence-electron chi connectivity index (χ0n) is 55.1. The molecule has 96 heavy (non-hydrogen) atoms. The Morgan fingerprint density at radius 2 is 0.594 bits per heavy atom. The van der Waals surface area contributed by atoms with Crippen molar-refractivity contribution >= 4 is 79.0 Å². The maximum absolute atomic E-state index is 2.70. The van der Waals surface area contributed by atoms with E-state index in [4.69, 9.17) is 0 Å². The third-order valence-electron chi connectivity index (χ3n) is 20.1. The van der Waals surface area contributed by atoms with Crippen molar-refractivity contribution in [3.05, 3.63) is 339 Å². The van der Waals surface area contributed by atoms with Gasteiger partial charge in [0.25, 0.3) is 6.71 Å². The molecule has 2 aliphatic heterocycles. The lowest BCUT2D eigenvalue weighted by atomic mass is 9.33. The van der Waals surface area contributed by atoms with Gasteiger partial charge in [-0.15, -0.1) is 0 Å². The van der Waals surface area contributed by atoms with Crippen LogP contribution < -0.4 is 26.2 Å². The number of aromatic nitrogens is 1. The number of hydrogen-bond donors (Lipinski definition) is 0. The summed E-state index contributed by atoms with van der Waals surface area (Å²) in [6.45, 7) is 13.7. The third kappa shape index (κ3) is 9.98. The molecule has 458 valence electrons. The summed E-state index contributed by atoms with van der Waals surface area (Å²) in [6.07, 6.45) is 0. The first-order valence-corrected chi connectivity index (χ1v) is 33.8. The van der Waals surface area contributed by atoms with Crippen LogP contribution in [0.1, 0.15) is 52.7 Å². The molecule has 0 bridgehead atoms. The molecule has 2 aliphatic rings. The molecule has 0 spiro atoms. The van der Waals surface area contributed by atoms with Crippen LogP contribution in [0, 0.1) is 0 Å². The lowest BCUT2D eigenvalue weighted by Gasteiger charge is -2.46. The summed E-state index contributed by atoms with van der Waals surface area (Å²) in [6, 6.07) is 123. The van der Waals surface area contributed by atoms with E-state index >= 15 is 0 Å². The van der Waals surface area contributed by atoms with E-state index in [2.05, 4.69) is 383 Å². The number of fused-ring (bicyclic) bond motifs is 7. The second-order valence-electron chi connectivity index (χ2n) is 28.0. The Balaban J connectivity index is 1.08. The molecular weight excluding hydrogens is 1160 g/mol. The van der Waals surface area contributed by atoms with Crippen LogP contribution in [-0.2, 0) is 10.8 Å². The Morgan fingerprint density at radius 1 is 0.250 bits per heavy atom. The number of benzene rings is 14. The highest BCUT2D eigenvalue weighted by atomic mass is 15.2. The highest BCUT2D eigenvalue weighted by molar-refractivity contribution is 7.00. The molecule has 3 heterocycles. The number of para-hydroxylation sites is 2. The molecule has 4 heteroatoms. The van der Waals surface area contributed by atoms with E-state index < -0.39 is 0 Å². The van der Waals surface area contributed by atoms with Gasteiger partial charge in [-0.05, 0) is 167 Å². The van der Waals surface area contributed by atoms with Gasteiger partial charge >= 0.3 is 0 Å². The Bertz CT molecular complexity index is 5280. The minimum absolute atomic E-state index is 0.0419. The van der Waals surface area contributed by atoms with Crippen LogP contribution >= 0.6 is 0 Å². The number of nitrogens with zero attached hydrogens (tertiary/aromatic N) is 3. The fraction of sp³-hybridized carbons (Fsp3) is 0.0870. The van der Waals surface area contributed by atoms with Crippen molar-refractivity contribution in [1.82, 2.24) is 4.57 Å². The van der Waals surface area contributed by atoms with Gasteiger partial charge in [0.2, 0.25) is 0 Å². The highest BCUT2D eigenvalue weighted by Crippen LogP contribution is 2.55. The van der Waals surface area contributed by atoms with Gasteiger partial charge in [-0.1, -0.05) is 296 Å². The molecule has 0 radical (unpaired) electrons. The van der Waals surface area contributed by atoms with Crippen molar-refractivity contribution in [2.24, 2.45) is 0 Å². The van der Waals surface area contributed by atoms with Gasteiger partial charge in [0.05, 0.1) is 22.4 Å². The van der Waals surface area contributed by atoms with Crippen LogP contribution in [-0.4, -0.2) is 11.3 Å². The van der Waals surface area contributed by atoms with Crippen LogP contribution in [0.3, 0.4) is 0 Å². The second kappa shape index (κ2) is 23.2. The van der Waals surface area contributed by atoms with Gasteiger partial charge in [-0.3, -0.25) is 0 Å². The van der Waals surface area contributed by atoms with Gasteiger partial charge in [0.1, 0.15) is 0 Å².